The Morgan fingerprint density at radius 2 is 1.56 bits per heavy atom. The standard InChI is InChI=1S/C36H45FN8O5/c1-25(38-24-46)35(49)44-14-12-42(13-15-44)22-26-8-10-41(11-9-26)23-33(47)43-16-18-45(19-17-43)36(50)30-20-27(6-7-31(30)37)21-32-28-4-2-3-5-29(28)34(48)40-39-32/h2-7,20,24-26H,8-19,21-23H2,1H3,(H,38,46)(H,40,48). The Morgan fingerprint density at radius 3 is 2.26 bits per heavy atom. The van der Waals surface area contributed by atoms with Gasteiger partial charge in [-0.15, -0.1) is 0 Å². The zero-order valence-corrected chi connectivity index (χ0v) is 28.5. The van der Waals surface area contributed by atoms with E-state index in [-0.39, 0.29) is 22.9 Å². The molecule has 3 fully saturated rings. The lowest BCUT2D eigenvalue weighted by Gasteiger charge is -2.40. The van der Waals surface area contributed by atoms with Crippen LogP contribution >= 0.6 is 0 Å². The van der Waals surface area contributed by atoms with Gasteiger partial charge in [-0.05, 0) is 62.5 Å². The number of halogens is 1. The lowest BCUT2D eigenvalue weighted by molar-refractivity contribution is -0.136. The highest BCUT2D eigenvalue weighted by Gasteiger charge is 2.30. The number of nitrogens with zero attached hydrogens (tertiary/aromatic N) is 6. The van der Waals surface area contributed by atoms with Gasteiger partial charge in [-0.2, -0.15) is 5.10 Å². The van der Waals surface area contributed by atoms with Crippen LogP contribution in [0.25, 0.3) is 10.8 Å². The summed E-state index contributed by atoms with van der Waals surface area (Å²) < 4.78 is 14.9. The second-order valence-corrected chi connectivity index (χ2v) is 13.6. The number of benzene rings is 2. The molecule has 6 rings (SSSR count). The number of hydrogen-bond acceptors (Lipinski definition) is 8. The van der Waals surface area contributed by atoms with E-state index in [9.17, 15) is 28.4 Å². The second-order valence-electron chi connectivity index (χ2n) is 13.6. The summed E-state index contributed by atoms with van der Waals surface area (Å²) >= 11 is 0. The van der Waals surface area contributed by atoms with E-state index in [1.54, 1.807) is 41.0 Å². The molecule has 14 heteroatoms. The zero-order valence-electron chi connectivity index (χ0n) is 28.5. The highest BCUT2D eigenvalue weighted by Crippen LogP contribution is 2.22. The van der Waals surface area contributed by atoms with Crippen molar-refractivity contribution in [3.63, 3.8) is 0 Å². The van der Waals surface area contributed by atoms with Gasteiger partial charge in [-0.25, -0.2) is 9.49 Å². The van der Waals surface area contributed by atoms with Crippen molar-refractivity contribution in [2.45, 2.75) is 32.2 Å². The summed E-state index contributed by atoms with van der Waals surface area (Å²) in [6.45, 7) is 9.12. The van der Waals surface area contributed by atoms with Crippen molar-refractivity contribution in [2.24, 2.45) is 5.92 Å². The first-order chi connectivity index (χ1) is 24.2. The van der Waals surface area contributed by atoms with Crippen molar-refractivity contribution >= 4 is 34.9 Å². The summed E-state index contributed by atoms with van der Waals surface area (Å²) in [5.74, 6) is -0.469. The van der Waals surface area contributed by atoms with Crippen molar-refractivity contribution in [3.05, 3.63) is 75.5 Å². The minimum Gasteiger partial charge on any atom is -0.347 e. The van der Waals surface area contributed by atoms with Gasteiger partial charge in [0.05, 0.1) is 23.2 Å². The van der Waals surface area contributed by atoms with Crippen molar-refractivity contribution in [2.75, 3.05) is 78.5 Å². The number of carbonyl (C=O) groups excluding carboxylic acids is 4. The Balaban J connectivity index is 0.937. The highest BCUT2D eigenvalue weighted by molar-refractivity contribution is 5.95. The van der Waals surface area contributed by atoms with Crippen LogP contribution < -0.4 is 10.9 Å². The van der Waals surface area contributed by atoms with E-state index in [1.165, 1.54) is 6.07 Å². The Labute approximate surface area is 290 Å². The fraction of sp³-hybridized carbons (Fsp3) is 0.500. The summed E-state index contributed by atoms with van der Waals surface area (Å²) in [5, 5.41) is 10.5. The summed E-state index contributed by atoms with van der Waals surface area (Å²) in [5.41, 5.74) is 1.03. The largest absolute Gasteiger partial charge is 0.347 e. The third-order valence-corrected chi connectivity index (χ3v) is 10.3. The molecular formula is C36H45FN8O5. The Morgan fingerprint density at radius 1 is 0.900 bits per heavy atom. The van der Waals surface area contributed by atoms with E-state index in [0.29, 0.717) is 86.6 Å². The third-order valence-electron chi connectivity index (χ3n) is 10.3. The van der Waals surface area contributed by atoms with Crippen LogP contribution in [0.4, 0.5) is 4.39 Å². The van der Waals surface area contributed by atoms with Crippen LogP contribution in [0.2, 0.25) is 0 Å². The molecule has 3 aliphatic rings. The molecule has 13 nitrogen and oxygen atoms in total. The molecule has 3 aliphatic heterocycles. The van der Waals surface area contributed by atoms with Crippen LogP contribution in [-0.4, -0.2) is 143 Å². The topological polar surface area (TPSA) is 142 Å². The molecular weight excluding hydrogens is 643 g/mol. The molecule has 1 aromatic heterocycles. The average molecular weight is 689 g/mol. The number of aromatic nitrogens is 2. The quantitative estimate of drug-likeness (QED) is 0.300. The Bertz CT molecular complexity index is 1760. The number of H-pyrrole nitrogens is 1. The number of piperidine rings is 1. The molecule has 0 spiro atoms. The summed E-state index contributed by atoms with van der Waals surface area (Å²) in [6, 6.07) is 11.1. The smallest absolute Gasteiger partial charge is 0.272 e. The van der Waals surface area contributed by atoms with Gasteiger partial charge in [0.25, 0.3) is 11.5 Å². The predicted octanol–water partition coefficient (Wildman–Crippen LogP) is 0.928. The van der Waals surface area contributed by atoms with Crippen molar-refractivity contribution in [3.8, 4) is 0 Å². The van der Waals surface area contributed by atoms with Crippen molar-refractivity contribution in [1.29, 1.82) is 0 Å². The highest BCUT2D eigenvalue weighted by atomic mass is 19.1. The number of aromatic amines is 1. The number of fused-ring (bicyclic) bond motifs is 1. The number of carbonyl (C=O) groups is 4. The lowest BCUT2D eigenvalue weighted by Crippen LogP contribution is -2.54. The van der Waals surface area contributed by atoms with E-state index in [2.05, 4.69) is 25.3 Å². The first-order valence-electron chi connectivity index (χ1n) is 17.4. The zero-order chi connectivity index (χ0) is 35.2. The minimum absolute atomic E-state index is 0.0178. The molecule has 266 valence electrons. The van der Waals surface area contributed by atoms with Crippen LogP contribution in [0.1, 0.15) is 41.4 Å². The average Bonchev–Trinajstić information content (AvgIpc) is 3.14. The summed E-state index contributed by atoms with van der Waals surface area (Å²) in [4.78, 5) is 71.7. The van der Waals surface area contributed by atoms with Crippen molar-refractivity contribution < 1.29 is 23.6 Å². The third kappa shape index (κ3) is 8.19. The van der Waals surface area contributed by atoms with E-state index >= 15 is 0 Å². The van der Waals surface area contributed by atoms with E-state index in [0.717, 1.165) is 45.6 Å². The van der Waals surface area contributed by atoms with E-state index in [4.69, 9.17) is 0 Å². The molecule has 4 heterocycles. The lowest BCUT2D eigenvalue weighted by atomic mass is 9.96. The van der Waals surface area contributed by atoms with Gasteiger partial charge >= 0.3 is 0 Å². The number of nitrogens with one attached hydrogen (secondary N) is 2. The Kier molecular flexibility index (Phi) is 11.2. The van der Waals surface area contributed by atoms with E-state index < -0.39 is 17.8 Å². The molecule has 0 bridgehead atoms. The molecule has 3 aromatic rings. The van der Waals surface area contributed by atoms with Crippen LogP contribution in [-0.2, 0) is 20.8 Å². The number of amides is 4. The number of hydrogen-bond donors (Lipinski definition) is 2. The molecule has 1 atom stereocenters. The van der Waals surface area contributed by atoms with Crippen LogP contribution in [0.15, 0.2) is 47.3 Å². The van der Waals surface area contributed by atoms with Crippen LogP contribution in [0.5, 0.6) is 0 Å². The fourth-order valence-corrected chi connectivity index (χ4v) is 7.26. The van der Waals surface area contributed by atoms with Gasteiger partial charge in [0, 0.05) is 70.7 Å². The summed E-state index contributed by atoms with van der Waals surface area (Å²) in [7, 11) is 0. The SMILES string of the molecule is CC(NC=O)C(=O)N1CCN(CC2CCN(CC(=O)N3CCN(C(=O)c4cc(Cc5n[nH]c(=O)c6ccccc56)ccc4F)CC3)CC2)CC1. The maximum Gasteiger partial charge on any atom is 0.272 e. The number of likely N-dealkylation sites (tertiary alicyclic amines) is 1. The molecule has 2 aromatic carbocycles. The molecule has 50 heavy (non-hydrogen) atoms. The second kappa shape index (κ2) is 15.9. The van der Waals surface area contributed by atoms with Gasteiger partial charge in [0.15, 0.2) is 0 Å². The molecule has 1 unspecified atom stereocenters. The maximum absolute atomic E-state index is 14.9. The van der Waals surface area contributed by atoms with E-state index in [1.807, 2.05) is 17.0 Å². The Hall–Kier alpha value is -4.69. The predicted molar refractivity (Wildman–Crippen MR) is 185 cm³/mol. The van der Waals surface area contributed by atoms with Crippen molar-refractivity contribution in [1.82, 2.24) is 40.0 Å². The van der Waals surface area contributed by atoms with Gasteiger partial charge < -0.3 is 20.0 Å². The first kappa shape index (κ1) is 35.1. The first-order valence-corrected chi connectivity index (χ1v) is 17.4. The number of rotatable bonds is 10. The molecule has 0 aliphatic carbocycles. The van der Waals surface area contributed by atoms with Crippen LogP contribution in [0, 0.1) is 11.7 Å². The molecule has 0 radical (unpaired) electrons. The molecule has 3 saturated heterocycles. The molecule has 2 N–H and O–H groups in total. The summed E-state index contributed by atoms with van der Waals surface area (Å²) in [6.07, 6.45) is 2.90. The van der Waals surface area contributed by atoms with Gasteiger partial charge in [-0.1, -0.05) is 24.3 Å². The maximum atomic E-state index is 14.9. The number of piperazine rings is 2. The van der Waals surface area contributed by atoms with Gasteiger partial charge in [0.2, 0.25) is 18.2 Å². The minimum atomic E-state index is -0.601. The fourth-order valence-electron chi connectivity index (χ4n) is 7.26. The van der Waals surface area contributed by atoms with Gasteiger partial charge in [0.1, 0.15) is 11.9 Å². The van der Waals surface area contributed by atoms with Crippen LogP contribution in [0.3, 0.4) is 0 Å². The monoisotopic (exact) mass is 688 g/mol. The molecule has 4 amide bonds. The molecule has 0 saturated carbocycles. The normalized spacial score (nSPS) is 18.6. The van der Waals surface area contributed by atoms with Gasteiger partial charge in [-0.3, -0.25) is 33.8 Å².